The number of alkyl halides is 3. The van der Waals surface area contributed by atoms with Crippen molar-refractivity contribution < 1.29 is 26.4 Å². The van der Waals surface area contributed by atoms with Crippen LogP contribution in [0.2, 0.25) is 0 Å². The molecule has 0 unspecified atom stereocenters. The Hall–Kier alpha value is -2.95. The van der Waals surface area contributed by atoms with Gasteiger partial charge in [0.25, 0.3) is 0 Å². The van der Waals surface area contributed by atoms with Gasteiger partial charge in [-0.1, -0.05) is 6.08 Å². The fraction of sp³-hybridized carbons (Fsp3) is 0.500. The molecule has 2 aromatic rings. The largest absolute Gasteiger partial charge is 0.511 e. The first kappa shape index (κ1) is 23.8. The van der Waals surface area contributed by atoms with Gasteiger partial charge in [0.1, 0.15) is 11.5 Å². The third-order valence-corrected chi connectivity index (χ3v) is 8.46. The van der Waals surface area contributed by atoms with E-state index in [0.717, 1.165) is 29.4 Å². The molecule has 1 saturated carbocycles. The zero-order chi connectivity index (χ0) is 25.0. The second-order valence-electron chi connectivity index (χ2n) is 9.26. The predicted octanol–water partition coefficient (Wildman–Crippen LogP) is 2.82. The number of pyridine rings is 1. The molecule has 2 aromatic heterocycles. The van der Waals surface area contributed by atoms with Crippen LogP contribution in [0, 0.1) is 17.2 Å². The van der Waals surface area contributed by atoms with Crippen LogP contribution in [0.25, 0.3) is 16.6 Å². The molecular weight excluding hydrogens is 485 g/mol. The Kier molecular flexibility index (Phi) is 5.65. The summed E-state index contributed by atoms with van der Waals surface area (Å²) < 4.78 is 62.7. The second kappa shape index (κ2) is 8.32. The van der Waals surface area contributed by atoms with Crippen LogP contribution in [0.5, 0.6) is 0 Å². The molecule has 2 fully saturated rings. The van der Waals surface area contributed by atoms with Gasteiger partial charge in [0, 0.05) is 43.7 Å². The maximum Gasteiger partial charge on any atom is 0.511 e. The van der Waals surface area contributed by atoms with Crippen molar-refractivity contribution in [3.63, 3.8) is 0 Å². The zero-order valence-electron chi connectivity index (χ0n) is 18.6. The van der Waals surface area contributed by atoms with Crippen molar-refractivity contribution >= 4 is 38.4 Å². The van der Waals surface area contributed by atoms with Gasteiger partial charge in [-0.3, -0.25) is 9.69 Å². The monoisotopic (exact) mass is 508 g/mol. The number of aromatic amines is 1. The van der Waals surface area contributed by atoms with Crippen LogP contribution >= 0.6 is 0 Å². The summed E-state index contributed by atoms with van der Waals surface area (Å²) in [4.78, 5) is 21.7. The Labute approximate surface area is 199 Å². The molecule has 5 rings (SSSR count). The number of halogens is 3. The molecule has 1 amide bonds. The number of nitrogens with zero attached hydrogens (tertiary/aromatic N) is 4. The Morgan fingerprint density at radius 1 is 1.34 bits per heavy atom. The summed E-state index contributed by atoms with van der Waals surface area (Å²) in [5.41, 5.74) is -3.81. The van der Waals surface area contributed by atoms with Crippen LogP contribution in [0.4, 0.5) is 19.0 Å². The molecule has 0 spiro atoms. The quantitative estimate of drug-likeness (QED) is 0.619. The van der Waals surface area contributed by atoms with Gasteiger partial charge in [0.15, 0.2) is 0 Å². The fourth-order valence-corrected chi connectivity index (χ4v) is 5.90. The number of fused-ring (bicyclic) bond motifs is 1. The van der Waals surface area contributed by atoms with E-state index >= 15 is 0 Å². The molecule has 35 heavy (non-hydrogen) atoms. The van der Waals surface area contributed by atoms with Gasteiger partial charge in [-0.05, 0) is 42.5 Å². The lowest BCUT2D eigenvalue weighted by Crippen LogP contribution is -2.72. The summed E-state index contributed by atoms with van der Waals surface area (Å²) >= 11 is 0. The topological polar surface area (TPSA) is 122 Å². The van der Waals surface area contributed by atoms with Crippen LogP contribution in [-0.4, -0.2) is 70.7 Å². The van der Waals surface area contributed by atoms with E-state index in [1.807, 2.05) is 29.2 Å². The highest BCUT2D eigenvalue weighted by Crippen LogP contribution is 2.40. The fourth-order valence-electron chi connectivity index (χ4n) is 4.78. The maximum atomic E-state index is 12.9. The van der Waals surface area contributed by atoms with E-state index in [1.54, 1.807) is 6.20 Å². The number of H-pyrrole nitrogens is 1. The van der Waals surface area contributed by atoms with Crippen molar-refractivity contribution in [3.8, 4) is 6.07 Å². The number of nitriles is 1. The minimum Gasteiger partial charge on any atom is -0.346 e. The molecule has 2 aliphatic heterocycles. The lowest BCUT2D eigenvalue weighted by molar-refractivity contribution is -0.117. The Bertz CT molecular complexity index is 1350. The highest BCUT2D eigenvalue weighted by Gasteiger charge is 2.59. The van der Waals surface area contributed by atoms with Crippen LogP contribution in [-0.2, 0) is 14.8 Å². The second-order valence-corrected chi connectivity index (χ2v) is 11.2. The van der Waals surface area contributed by atoms with Crippen LogP contribution in [0.3, 0.4) is 0 Å². The number of aromatic nitrogens is 2. The van der Waals surface area contributed by atoms with Crippen molar-refractivity contribution in [2.45, 2.75) is 36.7 Å². The maximum absolute atomic E-state index is 12.9. The highest BCUT2D eigenvalue weighted by atomic mass is 32.2. The normalized spacial score (nSPS) is 21.3. The van der Waals surface area contributed by atoms with Gasteiger partial charge in [-0.25, -0.2) is 13.4 Å². The van der Waals surface area contributed by atoms with Gasteiger partial charge in [-0.15, -0.1) is 0 Å². The van der Waals surface area contributed by atoms with E-state index in [-0.39, 0.29) is 31.3 Å². The molecule has 2 N–H and O–H groups in total. The van der Waals surface area contributed by atoms with E-state index in [1.165, 1.54) is 0 Å². The lowest BCUT2D eigenvalue weighted by Gasteiger charge is -2.54. The van der Waals surface area contributed by atoms with Crippen LogP contribution in [0.15, 0.2) is 24.4 Å². The first-order valence-corrected chi connectivity index (χ1v) is 12.6. The minimum absolute atomic E-state index is 0.0292. The first-order valence-electron chi connectivity index (χ1n) is 11.2. The average molecular weight is 509 g/mol. The summed E-state index contributed by atoms with van der Waals surface area (Å²) in [5.74, 6) is 0.421. The molecule has 1 aliphatic carbocycles. The number of hydrogen-bond acceptors (Lipinski definition) is 6. The number of sulfonamides is 1. The summed E-state index contributed by atoms with van der Waals surface area (Å²) in [6.07, 6.45) is 5.91. The molecular formula is C22H23F3N6O3S. The van der Waals surface area contributed by atoms with E-state index in [9.17, 15) is 31.6 Å². The summed E-state index contributed by atoms with van der Waals surface area (Å²) in [7, 11) is -5.42. The smallest absolute Gasteiger partial charge is 0.346 e. The van der Waals surface area contributed by atoms with Gasteiger partial charge < -0.3 is 10.3 Å². The first-order chi connectivity index (χ1) is 16.5. The predicted molar refractivity (Wildman–Crippen MR) is 121 cm³/mol. The summed E-state index contributed by atoms with van der Waals surface area (Å²) in [6.45, 7) is 0.0564. The van der Waals surface area contributed by atoms with Crippen molar-refractivity contribution in [2.75, 3.05) is 31.5 Å². The van der Waals surface area contributed by atoms with Gasteiger partial charge in [0.05, 0.1) is 18.0 Å². The average Bonchev–Trinajstić information content (AvgIpc) is 3.53. The number of carbonyl (C=O) groups excluding carboxylic acids is 1. The summed E-state index contributed by atoms with van der Waals surface area (Å²) in [6, 6.07) is 5.72. The van der Waals surface area contributed by atoms with E-state index in [4.69, 9.17) is 0 Å². The number of amides is 1. The van der Waals surface area contributed by atoms with Crippen molar-refractivity contribution in [2.24, 2.45) is 5.92 Å². The summed E-state index contributed by atoms with van der Waals surface area (Å²) in [5, 5.41) is 13.0. The molecule has 3 aliphatic rings. The SMILES string of the molecule is N#CCC1(N2CC=C(c3cc(NC(=O)C4CC4)nc4[nH]ccc34)CC2)CN(S(=O)(=O)C(F)(F)F)C1. The van der Waals surface area contributed by atoms with Crippen LogP contribution < -0.4 is 5.32 Å². The number of carbonyl (C=O) groups is 1. The molecule has 0 aromatic carbocycles. The number of rotatable bonds is 6. The molecule has 9 nitrogen and oxygen atoms in total. The van der Waals surface area contributed by atoms with Gasteiger partial charge in [0.2, 0.25) is 5.91 Å². The molecule has 13 heteroatoms. The Morgan fingerprint density at radius 3 is 2.69 bits per heavy atom. The molecule has 4 heterocycles. The van der Waals surface area contributed by atoms with E-state index < -0.39 is 21.1 Å². The molecule has 1 saturated heterocycles. The van der Waals surface area contributed by atoms with E-state index in [2.05, 4.69) is 15.3 Å². The van der Waals surface area contributed by atoms with Crippen molar-refractivity contribution in [1.29, 1.82) is 5.26 Å². The van der Waals surface area contributed by atoms with Gasteiger partial charge >= 0.3 is 15.5 Å². The van der Waals surface area contributed by atoms with Crippen LogP contribution in [0.1, 0.15) is 31.2 Å². The third kappa shape index (κ3) is 4.19. The molecule has 186 valence electrons. The lowest BCUT2D eigenvalue weighted by atomic mass is 9.84. The zero-order valence-corrected chi connectivity index (χ0v) is 19.4. The number of hydrogen-bond donors (Lipinski definition) is 2. The standard InChI is InChI=1S/C22H23F3N6O3S/c23-22(24,25)35(33,34)31-12-21(13-31,6-7-26)30-9-4-14(5-10-30)17-11-18(29-20(32)15-1-2-15)28-19-16(17)3-8-27-19/h3-4,8,11,15H,1-2,5-6,9-10,12-13H2,(H2,27,28,29,32). The third-order valence-electron chi connectivity index (χ3n) is 6.94. The highest BCUT2D eigenvalue weighted by molar-refractivity contribution is 7.90. The Morgan fingerprint density at radius 2 is 2.09 bits per heavy atom. The molecule has 0 radical (unpaired) electrons. The number of anilines is 1. The van der Waals surface area contributed by atoms with E-state index in [0.29, 0.717) is 35.3 Å². The molecule has 0 bridgehead atoms. The van der Waals surface area contributed by atoms with Gasteiger partial charge in [-0.2, -0.15) is 22.7 Å². The molecule has 0 atom stereocenters. The number of nitrogens with one attached hydrogen (secondary N) is 2. The minimum atomic E-state index is -5.42. The Balaban J connectivity index is 1.36. The van der Waals surface area contributed by atoms with Crippen molar-refractivity contribution in [1.82, 2.24) is 19.2 Å². The van der Waals surface area contributed by atoms with Crippen molar-refractivity contribution in [3.05, 3.63) is 30.0 Å².